The molecular weight excluding hydrogens is 214 g/mol. The summed E-state index contributed by atoms with van der Waals surface area (Å²) in [5, 5.41) is 21.8. The highest BCUT2D eigenvalue weighted by atomic mass is 16.3. The van der Waals surface area contributed by atoms with Crippen LogP contribution in [0.1, 0.15) is 11.1 Å². The Morgan fingerprint density at radius 3 is 2.59 bits per heavy atom. The van der Waals surface area contributed by atoms with Crippen LogP contribution < -0.4 is 5.32 Å². The maximum Gasteiger partial charge on any atom is 0.115 e. The average molecular weight is 229 g/mol. The van der Waals surface area contributed by atoms with Crippen molar-refractivity contribution in [3.8, 4) is 5.75 Å². The van der Waals surface area contributed by atoms with Gasteiger partial charge in [0.1, 0.15) is 5.75 Å². The van der Waals surface area contributed by atoms with Crippen LogP contribution in [-0.2, 0) is 13.2 Å². The number of para-hydroxylation sites is 1. The summed E-state index contributed by atoms with van der Waals surface area (Å²) in [6, 6.07) is 14.7. The first-order valence-electron chi connectivity index (χ1n) is 5.50. The zero-order chi connectivity index (χ0) is 12.1. The number of aliphatic hydroxyl groups is 1. The molecule has 0 spiro atoms. The SMILES string of the molecule is OCc1ccccc1NCc1cccc(O)c1. The van der Waals surface area contributed by atoms with Crippen LogP contribution in [0.25, 0.3) is 0 Å². The summed E-state index contributed by atoms with van der Waals surface area (Å²) >= 11 is 0. The van der Waals surface area contributed by atoms with Crippen LogP contribution in [0.5, 0.6) is 5.75 Å². The third kappa shape index (κ3) is 2.98. The second-order valence-corrected chi connectivity index (χ2v) is 3.84. The number of aliphatic hydroxyl groups excluding tert-OH is 1. The Hall–Kier alpha value is -2.00. The molecule has 88 valence electrons. The van der Waals surface area contributed by atoms with E-state index in [2.05, 4.69) is 5.32 Å². The highest BCUT2D eigenvalue weighted by Gasteiger charge is 2.00. The molecule has 0 saturated carbocycles. The minimum absolute atomic E-state index is 0.0171. The fraction of sp³-hybridized carbons (Fsp3) is 0.143. The number of hydrogen-bond acceptors (Lipinski definition) is 3. The summed E-state index contributed by atoms with van der Waals surface area (Å²) in [7, 11) is 0. The molecule has 0 fully saturated rings. The Morgan fingerprint density at radius 2 is 1.82 bits per heavy atom. The van der Waals surface area contributed by atoms with Gasteiger partial charge in [0.25, 0.3) is 0 Å². The van der Waals surface area contributed by atoms with E-state index in [1.807, 2.05) is 36.4 Å². The van der Waals surface area contributed by atoms with E-state index in [0.717, 1.165) is 16.8 Å². The van der Waals surface area contributed by atoms with E-state index in [9.17, 15) is 10.2 Å². The maximum atomic E-state index is 9.34. The quantitative estimate of drug-likeness (QED) is 0.755. The van der Waals surface area contributed by atoms with Crippen molar-refractivity contribution in [3.63, 3.8) is 0 Å². The van der Waals surface area contributed by atoms with Crippen LogP contribution in [0, 0.1) is 0 Å². The number of rotatable bonds is 4. The van der Waals surface area contributed by atoms with Gasteiger partial charge in [0.05, 0.1) is 6.61 Å². The maximum absolute atomic E-state index is 9.34. The van der Waals surface area contributed by atoms with E-state index in [-0.39, 0.29) is 12.4 Å². The predicted molar refractivity (Wildman–Crippen MR) is 67.8 cm³/mol. The van der Waals surface area contributed by atoms with E-state index in [4.69, 9.17) is 0 Å². The van der Waals surface area contributed by atoms with Gasteiger partial charge in [-0.25, -0.2) is 0 Å². The zero-order valence-electron chi connectivity index (χ0n) is 9.43. The number of benzene rings is 2. The van der Waals surface area contributed by atoms with Gasteiger partial charge in [-0.1, -0.05) is 30.3 Å². The summed E-state index contributed by atoms with van der Waals surface area (Å²) in [6.45, 7) is 0.634. The van der Waals surface area contributed by atoms with Gasteiger partial charge in [0.15, 0.2) is 0 Å². The van der Waals surface area contributed by atoms with Crippen molar-refractivity contribution >= 4 is 5.69 Å². The first-order chi connectivity index (χ1) is 8.29. The lowest BCUT2D eigenvalue weighted by molar-refractivity contribution is 0.282. The zero-order valence-corrected chi connectivity index (χ0v) is 9.43. The highest BCUT2D eigenvalue weighted by Crippen LogP contribution is 2.17. The van der Waals surface area contributed by atoms with E-state index in [1.165, 1.54) is 0 Å². The van der Waals surface area contributed by atoms with Crippen LogP contribution in [-0.4, -0.2) is 10.2 Å². The van der Waals surface area contributed by atoms with Crippen LogP contribution in [0.2, 0.25) is 0 Å². The van der Waals surface area contributed by atoms with Crippen molar-refractivity contribution in [1.82, 2.24) is 0 Å². The molecule has 17 heavy (non-hydrogen) atoms. The Kier molecular flexibility index (Phi) is 3.62. The molecule has 3 nitrogen and oxygen atoms in total. The predicted octanol–water partition coefficient (Wildman–Crippen LogP) is 2.50. The van der Waals surface area contributed by atoms with Crippen molar-refractivity contribution in [2.75, 3.05) is 5.32 Å². The van der Waals surface area contributed by atoms with Gasteiger partial charge in [-0.05, 0) is 23.8 Å². The normalized spacial score (nSPS) is 10.2. The molecule has 0 aromatic heterocycles. The minimum atomic E-state index is 0.0171. The molecule has 0 aliphatic rings. The number of phenols is 1. The van der Waals surface area contributed by atoms with Crippen LogP contribution in [0.15, 0.2) is 48.5 Å². The van der Waals surface area contributed by atoms with Crippen molar-refractivity contribution in [2.24, 2.45) is 0 Å². The van der Waals surface area contributed by atoms with E-state index >= 15 is 0 Å². The summed E-state index contributed by atoms with van der Waals surface area (Å²) in [5.74, 6) is 0.264. The fourth-order valence-corrected chi connectivity index (χ4v) is 1.69. The van der Waals surface area contributed by atoms with Gasteiger partial charge in [-0.2, -0.15) is 0 Å². The third-order valence-corrected chi connectivity index (χ3v) is 2.58. The molecule has 2 aromatic carbocycles. The van der Waals surface area contributed by atoms with Crippen molar-refractivity contribution in [2.45, 2.75) is 13.2 Å². The molecule has 0 heterocycles. The molecule has 0 amide bonds. The lowest BCUT2D eigenvalue weighted by Gasteiger charge is -2.10. The van der Waals surface area contributed by atoms with Gasteiger partial charge in [0, 0.05) is 17.8 Å². The summed E-state index contributed by atoms with van der Waals surface area (Å²) < 4.78 is 0. The molecule has 2 rings (SSSR count). The largest absolute Gasteiger partial charge is 0.508 e. The third-order valence-electron chi connectivity index (χ3n) is 2.58. The van der Waals surface area contributed by atoms with Crippen molar-refractivity contribution in [3.05, 3.63) is 59.7 Å². The fourth-order valence-electron chi connectivity index (χ4n) is 1.69. The molecule has 0 unspecified atom stereocenters. The van der Waals surface area contributed by atoms with Crippen LogP contribution >= 0.6 is 0 Å². The first kappa shape index (κ1) is 11.5. The molecule has 0 radical (unpaired) electrons. The second-order valence-electron chi connectivity index (χ2n) is 3.84. The molecule has 0 atom stereocenters. The number of aromatic hydroxyl groups is 1. The lowest BCUT2D eigenvalue weighted by Crippen LogP contribution is -2.02. The minimum Gasteiger partial charge on any atom is -0.508 e. The van der Waals surface area contributed by atoms with E-state index in [1.54, 1.807) is 12.1 Å². The first-order valence-corrected chi connectivity index (χ1v) is 5.50. The standard InChI is InChI=1S/C14H15NO2/c16-10-12-5-1-2-7-14(12)15-9-11-4-3-6-13(17)8-11/h1-8,15-17H,9-10H2. The lowest BCUT2D eigenvalue weighted by atomic mass is 10.1. The van der Waals surface area contributed by atoms with E-state index < -0.39 is 0 Å². The topological polar surface area (TPSA) is 52.5 Å². The molecule has 0 aliphatic heterocycles. The Labute approximate surface area is 100 Å². The summed E-state index contributed by atoms with van der Waals surface area (Å²) in [4.78, 5) is 0. The Bertz CT molecular complexity index is 497. The Balaban J connectivity index is 2.07. The van der Waals surface area contributed by atoms with Crippen LogP contribution in [0.4, 0.5) is 5.69 Å². The van der Waals surface area contributed by atoms with Crippen molar-refractivity contribution in [1.29, 1.82) is 0 Å². The number of anilines is 1. The van der Waals surface area contributed by atoms with Gasteiger partial charge < -0.3 is 15.5 Å². The number of nitrogens with one attached hydrogen (secondary N) is 1. The summed E-state index contributed by atoms with van der Waals surface area (Å²) in [6.07, 6.45) is 0. The smallest absolute Gasteiger partial charge is 0.115 e. The Morgan fingerprint density at radius 1 is 1.00 bits per heavy atom. The van der Waals surface area contributed by atoms with Gasteiger partial charge in [-0.3, -0.25) is 0 Å². The number of hydrogen-bond donors (Lipinski definition) is 3. The van der Waals surface area contributed by atoms with Gasteiger partial charge in [0.2, 0.25) is 0 Å². The highest BCUT2D eigenvalue weighted by molar-refractivity contribution is 5.51. The summed E-state index contributed by atoms with van der Waals surface area (Å²) in [5.41, 5.74) is 2.78. The molecular formula is C14H15NO2. The van der Waals surface area contributed by atoms with Gasteiger partial charge >= 0.3 is 0 Å². The van der Waals surface area contributed by atoms with Crippen LogP contribution in [0.3, 0.4) is 0 Å². The molecule has 2 aromatic rings. The molecule has 3 heteroatoms. The van der Waals surface area contributed by atoms with Crippen molar-refractivity contribution < 1.29 is 10.2 Å². The average Bonchev–Trinajstić information content (AvgIpc) is 2.37. The monoisotopic (exact) mass is 229 g/mol. The van der Waals surface area contributed by atoms with E-state index in [0.29, 0.717) is 6.54 Å². The molecule has 3 N–H and O–H groups in total. The molecule has 0 aliphatic carbocycles. The van der Waals surface area contributed by atoms with Gasteiger partial charge in [-0.15, -0.1) is 0 Å². The number of phenolic OH excluding ortho intramolecular Hbond substituents is 1. The second kappa shape index (κ2) is 5.37. The molecule has 0 bridgehead atoms. The molecule has 0 saturated heterocycles.